The molecule has 0 bridgehead atoms. The van der Waals surface area contributed by atoms with Crippen LogP contribution in [0.4, 0.5) is 13.2 Å². The lowest BCUT2D eigenvalue weighted by molar-refractivity contribution is -0.137. The molecule has 0 fully saturated rings. The molecular weight excluding hydrogens is 363 g/mol. The first-order valence-corrected chi connectivity index (χ1v) is 9.51. The topological polar surface area (TPSA) is 20.3 Å². The van der Waals surface area contributed by atoms with Crippen LogP contribution in [0.3, 0.4) is 0 Å². The number of alkyl halides is 3. The summed E-state index contributed by atoms with van der Waals surface area (Å²) in [5.74, 6) is -0.116. The second-order valence-corrected chi connectivity index (χ2v) is 8.21. The van der Waals surface area contributed by atoms with Gasteiger partial charge in [0.1, 0.15) is 0 Å². The lowest BCUT2D eigenvalue weighted by Gasteiger charge is -2.29. The second-order valence-electron chi connectivity index (χ2n) is 8.21. The maximum Gasteiger partial charge on any atom is 0.416 e. The molecule has 2 aromatic rings. The maximum absolute atomic E-state index is 13.1. The molecule has 1 amide bonds. The number of benzene rings is 2. The average molecular weight is 391 g/mol. The minimum absolute atomic E-state index is 0.00178. The molecule has 0 saturated carbocycles. The fraction of sp³-hybridized carbons (Fsp3) is 0.435. The van der Waals surface area contributed by atoms with Crippen molar-refractivity contribution >= 4 is 5.91 Å². The van der Waals surface area contributed by atoms with Crippen LogP contribution in [0.25, 0.3) is 0 Å². The molecule has 0 saturated heterocycles. The van der Waals surface area contributed by atoms with Gasteiger partial charge in [-0.25, -0.2) is 0 Å². The quantitative estimate of drug-likeness (QED) is 0.574. The van der Waals surface area contributed by atoms with Crippen LogP contribution in [0.2, 0.25) is 0 Å². The highest BCUT2D eigenvalue weighted by atomic mass is 19.4. The Hall–Kier alpha value is -2.30. The minimum Gasteiger partial charge on any atom is -0.332 e. The van der Waals surface area contributed by atoms with Crippen molar-refractivity contribution < 1.29 is 18.0 Å². The first kappa shape index (κ1) is 22.0. The Morgan fingerprint density at radius 3 is 1.86 bits per heavy atom. The summed E-state index contributed by atoms with van der Waals surface area (Å²) in [5.41, 5.74) is 1.71. The largest absolute Gasteiger partial charge is 0.416 e. The molecule has 0 spiro atoms. The zero-order valence-corrected chi connectivity index (χ0v) is 17.1. The lowest BCUT2D eigenvalue weighted by atomic mass is 9.86. The minimum atomic E-state index is -4.36. The number of halogens is 3. The van der Waals surface area contributed by atoms with Crippen LogP contribution in [0.15, 0.2) is 48.5 Å². The Bertz CT molecular complexity index is 787. The molecule has 2 aromatic carbocycles. The van der Waals surface area contributed by atoms with Gasteiger partial charge in [0.2, 0.25) is 0 Å². The first-order chi connectivity index (χ1) is 12.9. The highest BCUT2D eigenvalue weighted by Crippen LogP contribution is 2.29. The fourth-order valence-corrected chi connectivity index (χ4v) is 2.92. The third-order valence-electron chi connectivity index (χ3n) is 5.02. The standard InChI is InChI=1S/C23H28F3NO/c1-6-16(2)27(15-17-7-11-20(12-8-17)23(24,25)26)21(28)18-9-13-19(14-10-18)22(3,4)5/h7-14,16H,6,15H2,1-5H3. The number of hydrogen-bond acceptors (Lipinski definition) is 1. The van der Waals surface area contributed by atoms with E-state index in [9.17, 15) is 18.0 Å². The fourth-order valence-electron chi connectivity index (χ4n) is 2.92. The summed E-state index contributed by atoms with van der Waals surface area (Å²) in [6.07, 6.45) is -3.61. The molecule has 1 atom stereocenters. The van der Waals surface area contributed by atoms with Crippen molar-refractivity contribution in [1.29, 1.82) is 0 Å². The number of hydrogen-bond donors (Lipinski definition) is 0. The van der Waals surface area contributed by atoms with Crippen molar-refractivity contribution in [3.63, 3.8) is 0 Å². The van der Waals surface area contributed by atoms with E-state index in [2.05, 4.69) is 20.8 Å². The van der Waals surface area contributed by atoms with Gasteiger partial charge in [-0.2, -0.15) is 13.2 Å². The van der Waals surface area contributed by atoms with Crippen molar-refractivity contribution in [3.05, 3.63) is 70.8 Å². The predicted molar refractivity (Wildman–Crippen MR) is 106 cm³/mol. The monoisotopic (exact) mass is 391 g/mol. The predicted octanol–water partition coefficient (Wildman–Crippen LogP) is 6.44. The number of carbonyl (C=O) groups excluding carboxylic acids is 1. The van der Waals surface area contributed by atoms with Gasteiger partial charge >= 0.3 is 6.18 Å². The zero-order chi connectivity index (χ0) is 21.1. The van der Waals surface area contributed by atoms with E-state index < -0.39 is 11.7 Å². The molecule has 0 N–H and O–H groups in total. The van der Waals surface area contributed by atoms with Gasteiger partial charge in [0.15, 0.2) is 0 Å². The van der Waals surface area contributed by atoms with Crippen LogP contribution in [0.5, 0.6) is 0 Å². The Labute approximate surface area is 165 Å². The summed E-state index contributed by atoms with van der Waals surface area (Å²) in [5, 5.41) is 0. The van der Waals surface area contributed by atoms with Crippen molar-refractivity contribution in [3.8, 4) is 0 Å². The zero-order valence-electron chi connectivity index (χ0n) is 17.1. The Balaban J connectivity index is 2.24. The molecule has 5 heteroatoms. The van der Waals surface area contributed by atoms with Crippen molar-refractivity contribution in [2.75, 3.05) is 0 Å². The summed E-state index contributed by atoms with van der Waals surface area (Å²) in [7, 11) is 0. The summed E-state index contributed by atoms with van der Waals surface area (Å²) < 4.78 is 38.3. The normalized spacial score (nSPS) is 13.3. The summed E-state index contributed by atoms with van der Waals surface area (Å²) in [6, 6.07) is 12.5. The first-order valence-electron chi connectivity index (χ1n) is 9.51. The van der Waals surface area contributed by atoms with E-state index in [1.165, 1.54) is 12.1 Å². The van der Waals surface area contributed by atoms with E-state index in [-0.39, 0.29) is 23.9 Å². The van der Waals surface area contributed by atoms with E-state index in [0.717, 1.165) is 24.1 Å². The number of rotatable bonds is 5. The molecule has 152 valence electrons. The van der Waals surface area contributed by atoms with Gasteiger partial charge in [0.05, 0.1) is 5.56 Å². The van der Waals surface area contributed by atoms with E-state index >= 15 is 0 Å². The molecule has 0 radical (unpaired) electrons. The van der Waals surface area contributed by atoms with Crippen LogP contribution >= 0.6 is 0 Å². The van der Waals surface area contributed by atoms with E-state index in [1.807, 2.05) is 38.1 Å². The van der Waals surface area contributed by atoms with Crippen LogP contribution in [0, 0.1) is 0 Å². The van der Waals surface area contributed by atoms with Gasteiger partial charge in [-0.05, 0) is 54.2 Å². The molecule has 2 rings (SSSR count). The molecule has 1 unspecified atom stereocenters. The van der Waals surface area contributed by atoms with Crippen LogP contribution in [0.1, 0.15) is 68.1 Å². The highest BCUT2D eigenvalue weighted by Gasteiger charge is 2.30. The van der Waals surface area contributed by atoms with Gasteiger partial charge in [0, 0.05) is 18.2 Å². The number of nitrogens with zero attached hydrogens (tertiary/aromatic N) is 1. The third kappa shape index (κ3) is 5.37. The van der Waals surface area contributed by atoms with Crippen LogP contribution in [-0.2, 0) is 18.1 Å². The molecular formula is C23H28F3NO. The molecule has 0 aliphatic heterocycles. The summed E-state index contributed by atoms with van der Waals surface area (Å²) in [4.78, 5) is 14.8. The molecule has 0 aromatic heterocycles. The highest BCUT2D eigenvalue weighted by molar-refractivity contribution is 5.94. The van der Waals surface area contributed by atoms with Crippen molar-refractivity contribution in [2.24, 2.45) is 0 Å². The van der Waals surface area contributed by atoms with Gasteiger partial charge in [-0.1, -0.05) is 52.0 Å². The van der Waals surface area contributed by atoms with E-state index in [4.69, 9.17) is 0 Å². The number of carbonyl (C=O) groups is 1. The third-order valence-corrected chi connectivity index (χ3v) is 5.02. The van der Waals surface area contributed by atoms with Crippen molar-refractivity contribution in [2.45, 2.75) is 65.2 Å². The van der Waals surface area contributed by atoms with Gasteiger partial charge in [0.25, 0.3) is 5.91 Å². The average Bonchev–Trinajstić information content (AvgIpc) is 2.64. The Morgan fingerprint density at radius 2 is 1.43 bits per heavy atom. The van der Waals surface area contributed by atoms with Crippen LogP contribution in [-0.4, -0.2) is 16.8 Å². The van der Waals surface area contributed by atoms with E-state index in [0.29, 0.717) is 11.1 Å². The van der Waals surface area contributed by atoms with Gasteiger partial charge in [-0.15, -0.1) is 0 Å². The number of amides is 1. The van der Waals surface area contributed by atoms with Gasteiger partial charge in [-0.3, -0.25) is 4.79 Å². The molecule has 0 heterocycles. The smallest absolute Gasteiger partial charge is 0.332 e. The van der Waals surface area contributed by atoms with Gasteiger partial charge < -0.3 is 4.90 Å². The molecule has 28 heavy (non-hydrogen) atoms. The Morgan fingerprint density at radius 1 is 0.929 bits per heavy atom. The molecule has 2 nitrogen and oxygen atoms in total. The molecule has 0 aliphatic carbocycles. The van der Waals surface area contributed by atoms with E-state index in [1.54, 1.807) is 4.90 Å². The molecule has 0 aliphatic rings. The second kappa shape index (κ2) is 8.38. The maximum atomic E-state index is 13.1. The lowest BCUT2D eigenvalue weighted by Crippen LogP contribution is -2.37. The summed E-state index contributed by atoms with van der Waals surface area (Å²) >= 11 is 0. The Kier molecular flexibility index (Phi) is 6.58. The van der Waals surface area contributed by atoms with Crippen molar-refractivity contribution in [1.82, 2.24) is 4.90 Å². The SMILES string of the molecule is CCC(C)N(Cc1ccc(C(F)(F)F)cc1)C(=O)c1ccc(C(C)(C)C)cc1. The summed E-state index contributed by atoms with van der Waals surface area (Å²) in [6.45, 7) is 10.5. The van der Waals surface area contributed by atoms with Crippen LogP contribution < -0.4 is 0 Å².